The van der Waals surface area contributed by atoms with Crippen molar-refractivity contribution in [2.45, 2.75) is 35.3 Å². The van der Waals surface area contributed by atoms with Crippen LogP contribution in [-0.2, 0) is 19.4 Å². The third-order valence-corrected chi connectivity index (χ3v) is 6.94. The van der Waals surface area contributed by atoms with E-state index in [-0.39, 0.29) is 15.4 Å². The molecular formula is C24H23NO5S. The van der Waals surface area contributed by atoms with Crippen LogP contribution in [0, 0.1) is 0 Å². The number of hydroxylamine groups is 1. The van der Waals surface area contributed by atoms with Crippen molar-refractivity contribution in [3.63, 3.8) is 0 Å². The molecular weight excluding hydrogens is 414 g/mol. The first-order valence-electron chi connectivity index (χ1n) is 10.1. The summed E-state index contributed by atoms with van der Waals surface area (Å²) in [4.78, 5) is 18.0. The fraction of sp³-hybridized carbons (Fsp3) is 0.208. The van der Waals surface area contributed by atoms with E-state index in [9.17, 15) is 13.2 Å². The molecule has 1 fully saturated rings. The summed E-state index contributed by atoms with van der Waals surface area (Å²) in [5.41, 5.74) is 4.26. The van der Waals surface area contributed by atoms with Crippen LogP contribution in [0.25, 0.3) is 11.1 Å². The Bertz CT molecular complexity index is 1140. The molecule has 0 spiro atoms. The van der Waals surface area contributed by atoms with Crippen LogP contribution in [0.3, 0.4) is 0 Å². The van der Waals surface area contributed by atoms with Gasteiger partial charge in [0.25, 0.3) is 5.91 Å². The Morgan fingerprint density at radius 3 is 2.26 bits per heavy atom. The maximum Gasteiger partial charge on any atom is 0.276 e. The number of benzene rings is 3. The molecule has 0 aromatic heterocycles. The van der Waals surface area contributed by atoms with Crippen LogP contribution in [0.2, 0.25) is 0 Å². The van der Waals surface area contributed by atoms with Gasteiger partial charge in [0.05, 0.1) is 15.4 Å². The van der Waals surface area contributed by atoms with Crippen molar-refractivity contribution in [3.8, 4) is 11.1 Å². The van der Waals surface area contributed by atoms with Crippen molar-refractivity contribution >= 4 is 15.7 Å². The number of rotatable bonds is 6. The first kappa shape index (κ1) is 21.2. The molecule has 1 saturated heterocycles. The summed E-state index contributed by atoms with van der Waals surface area (Å²) in [6.45, 7) is 0.574. The van der Waals surface area contributed by atoms with Gasteiger partial charge in [-0.05, 0) is 48.2 Å². The lowest BCUT2D eigenvalue weighted by Gasteiger charge is -2.22. The molecule has 1 atom stereocenters. The molecule has 3 aromatic rings. The van der Waals surface area contributed by atoms with Crippen molar-refractivity contribution in [2.24, 2.45) is 0 Å². The molecule has 6 nitrogen and oxygen atoms in total. The maximum absolute atomic E-state index is 13.3. The number of ether oxygens (including phenoxy) is 1. The zero-order valence-corrected chi connectivity index (χ0v) is 17.7. The molecule has 31 heavy (non-hydrogen) atoms. The van der Waals surface area contributed by atoms with Gasteiger partial charge >= 0.3 is 0 Å². The highest BCUT2D eigenvalue weighted by Crippen LogP contribution is 2.27. The monoisotopic (exact) mass is 437 g/mol. The number of amides is 1. The van der Waals surface area contributed by atoms with Gasteiger partial charge in [-0.15, -0.1) is 0 Å². The SMILES string of the molecule is O=C(NOC1CCCCO1)c1ccccc1S(=O)(=O)c1ccc(-c2ccccc2)cc1. The van der Waals surface area contributed by atoms with E-state index >= 15 is 0 Å². The average Bonchev–Trinajstić information content (AvgIpc) is 2.84. The highest BCUT2D eigenvalue weighted by atomic mass is 32.2. The van der Waals surface area contributed by atoms with E-state index in [0.29, 0.717) is 13.0 Å². The number of nitrogens with one attached hydrogen (secondary N) is 1. The first-order chi connectivity index (χ1) is 15.1. The van der Waals surface area contributed by atoms with E-state index in [0.717, 1.165) is 24.0 Å². The van der Waals surface area contributed by atoms with E-state index in [1.54, 1.807) is 36.4 Å². The molecule has 7 heteroatoms. The van der Waals surface area contributed by atoms with Gasteiger partial charge in [0.2, 0.25) is 9.84 Å². The summed E-state index contributed by atoms with van der Waals surface area (Å²) in [5.74, 6) is -0.630. The Balaban J connectivity index is 1.56. The van der Waals surface area contributed by atoms with Crippen LogP contribution in [0.4, 0.5) is 0 Å². The Morgan fingerprint density at radius 1 is 0.871 bits per heavy atom. The zero-order chi connectivity index (χ0) is 21.7. The molecule has 0 aliphatic carbocycles. The number of hydrogen-bond donors (Lipinski definition) is 1. The van der Waals surface area contributed by atoms with E-state index in [4.69, 9.17) is 9.57 Å². The van der Waals surface area contributed by atoms with E-state index in [2.05, 4.69) is 5.48 Å². The van der Waals surface area contributed by atoms with Crippen molar-refractivity contribution in [3.05, 3.63) is 84.4 Å². The summed E-state index contributed by atoms with van der Waals surface area (Å²) in [5, 5.41) is 0. The van der Waals surface area contributed by atoms with Gasteiger partial charge in [0, 0.05) is 13.0 Å². The van der Waals surface area contributed by atoms with Gasteiger partial charge in [-0.3, -0.25) is 4.79 Å². The molecule has 1 heterocycles. The fourth-order valence-electron chi connectivity index (χ4n) is 3.45. The van der Waals surface area contributed by atoms with Crippen LogP contribution in [-0.4, -0.2) is 27.2 Å². The molecule has 1 unspecified atom stereocenters. The predicted octanol–water partition coefficient (Wildman–Crippen LogP) is 4.37. The van der Waals surface area contributed by atoms with Crippen LogP contribution in [0.1, 0.15) is 29.6 Å². The number of carbonyl (C=O) groups is 1. The minimum atomic E-state index is -3.90. The molecule has 1 amide bonds. The average molecular weight is 438 g/mol. The van der Waals surface area contributed by atoms with Crippen molar-refractivity contribution in [1.82, 2.24) is 5.48 Å². The van der Waals surface area contributed by atoms with E-state index in [1.165, 1.54) is 12.1 Å². The number of hydrogen-bond acceptors (Lipinski definition) is 5. The van der Waals surface area contributed by atoms with E-state index in [1.807, 2.05) is 30.3 Å². The van der Waals surface area contributed by atoms with Gasteiger partial charge in [0.1, 0.15) is 0 Å². The normalized spacial score (nSPS) is 16.6. The summed E-state index contributed by atoms with van der Waals surface area (Å²) >= 11 is 0. The summed E-state index contributed by atoms with van der Waals surface area (Å²) in [7, 11) is -3.90. The largest absolute Gasteiger partial charge is 0.350 e. The predicted molar refractivity (Wildman–Crippen MR) is 116 cm³/mol. The van der Waals surface area contributed by atoms with Crippen molar-refractivity contribution in [2.75, 3.05) is 6.61 Å². The van der Waals surface area contributed by atoms with E-state index < -0.39 is 22.0 Å². The first-order valence-corrected chi connectivity index (χ1v) is 11.6. The molecule has 0 bridgehead atoms. The molecule has 4 rings (SSSR count). The zero-order valence-electron chi connectivity index (χ0n) is 16.9. The summed E-state index contributed by atoms with van der Waals surface area (Å²) in [6.07, 6.45) is 2.06. The van der Waals surface area contributed by atoms with Crippen molar-refractivity contribution < 1.29 is 22.8 Å². The van der Waals surface area contributed by atoms with Crippen LogP contribution in [0.15, 0.2) is 88.7 Å². The highest BCUT2D eigenvalue weighted by Gasteiger charge is 2.25. The van der Waals surface area contributed by atoms with Gasteiger partial charge in [0.15, 0.2) is 6.29 Å². The lowest BCUT2D eigenvalue weighted by molar-refractivity contribution is -0.186. The standard InChI is InChI=1S/C24H23NO5S/c26-24(25-30-23-12-6-7-17-29-23)21-10-4-5-11-22(21)31(27,28)20-15-13-19(14-16-20)18-8-2-1-3-9-18/h1-5,8-11,13-16,23H,6-7,12,17H2,(H,25,26). The second kappa shape index (κ2) is 9.43. The summed E-state index contributed by atoms with van der Waals surface area (Å²) < 4.78 is 32.0. The minimum Gasteiger partial charge on any atom is -0.350 e. The van der Waals surface area contributed by atoms with Crippen molar-refractivity contribution in [1.29, 1.82) is 0 Å². The van der Waals surface area contributed by atoms with Gasteiger partial charge in [-0.2, -0.15) is 0 Å². The van der Waals surface area contributed by atoms with Gasteiger partial charge < -0.3 is 4.74 Å². The second-order valence-corrected chi connectivity index (χ2v) is 9.15. The molecule has 1 aliphatic heterocycles. The highest BCUT2D eigenvalue weighted by molar-refractivity contribution is 7.91. The minimum absolute atomic E-state index is 0.0189. The van der Waals surface area contributed by atoms with Gasteiger partial charge in [-0.1, -0.05) is 54.6 Å². The maximum atomic E-state index is 13.3. The lowest BCUT2D eigenvalue weighted by atomic mass is 10.1. The quantitative estimate of drug-likeness (QED) is 0.579. The molecule has 0 radical (unpaired) electrons. The molecule has 1 aliphatic rings. The third kappa shape index (κ3) is 4.85. The molecule has 160 valence electrons. The Hall–Kier alpha value is -3.00. The molecule has 0 saturated carbocycles. The van der Waals surface area contributed by atoms with Crippen LogP contribution in [0.5, 0.6) is 0 Å². The topological polar surface area (TPSA) is 81.7 Å². The Morgan fingerprint density at radius 2 is 1.55 bits per heavy atom. The lowest BCUT2D eigenvalue weighted by Crippen LogP contribution is -2.33. The Labute approximate surface area is 181 Å². The van der Waals surface area contributed by atoms with Crippen LogP contribution < -0.4 is 5.48 Å². The summed E-state index contributed by atoms with van der Waals surface area (Å²) in [6, 6.07) is 22.4. The molecule has 3 aromatic carbocycles. The second-order valence-electron chi connectivity index (χ2n) is 7.24. The third-order valence-electron chi connectivity index (χ3n) is 5.11. The fourth-order valence-corrected chi connectivity index (χ4v) is 4.91. The number of carbonyl (C=O) groups excluding carboxylic acids is 1. The smallest absolute Gasteiger partial charge is 0.276 e. The Kier molecular flexibility index (Phi) is 6.46. The molecule has 1 N–H and O–H groups in total. The van der Waals surface area contributed by atoms with Gasteiger partial charge in [-0.25, -0.2) is 18.7 Å². The number of sulfone groups is 1. The van der Waals surface area contributed by atoms with Crippen LogP contribution >= 0.6 is 0 Å².